The van der Waals surface area contributed by atoms with Crippen molar-refractivity contribution in [1.82, 2.24) is 15.2 Å². The van der Waals surface area contributed by atoms with E-state index in [0.717, 1.165) is 37.6 Å². The first-order chi connectivity index (χ1) is 13.9. The summed E-state index contributed by atoms with van der Waals surface area (Å²) in [5.74, 6) is -2.62. The van der Waals surface area contributed by atoms with Gasteiger partial charge in [-0.2, -0.15) is 4.98 Å². The molecule has 1 atom stereocenters. The number of nitrogens with zero attached hydrogens (tertiary/aromatic N) is 2. The fourth-order valence-corrected chi connectivity index (χ4v) is 3.23. The normalized spacial score (nSPS) is 15.4. The molecule has 0 saturated carbocycles. The van der Waals surface area contributed by atoms with Crippen molar-refractivity contribution >= 4 is 18.3 Å². The van der Waals surface area contributed by atoms with Gasteiger partial charge in [0.1, 0.15) is 18.2 Å². The van der Waals surface area contributed by atoms with Gasteiger partial charge in [0.15, 0.2) is 5.82 Å². The van der Waals surface area contributed by atoms with Crippen molar-refractivity contribution < 1.29 is 27.4 Å². The molecule has 1 amide bonds. The second-order valence-electron chi connectivity index (χ2n) is 6.85. The van der Waals surface area contributed by atoms with Gasteiger partial charge in [-0.1, -0.05) is 0 Å². The van der Waals surface area contributed by atoms with Gasteiger partial charge in [0, 0.05) is 18.7 Å². The molecule has 3 rings (SSSR count). The summed E-state index contributed by atoms with van der Waals surface area (Å²) in [5.41, 5.74) is 0.573. The molecule has 0 radical (unpaired) electrons. The third kappa shape index (κ3) is 5.76. The van der Waals surface area contributed by atoms with Crippen molar-refractivity contribution in [2.45, 2.75) is 32.0 Å². The lowest BCUT2D eigenvalue weighted by Crippen LogP contribution is -2.41. The van der Waals surface area contributed by atoms with Gasteiger partial charge in [-0.05, 0) is 43.1 Å². The second-order valence-corrected chi connectivity index (χ2v) is 6.85. The Morgan fingerprint density at radius 3 is 2.50 bits per heavy atom. The molecule has 2 aromatic rings. The lowest BCUT2D eigenvalue weighted by Gasteiger charge is -2.22. The number of hydrogen-bond donors (Lipinski definition) is 1. The first kappa shape index (κ1) is 23.8. The smallest absolute Gasteiger partial charge is 0.254 e. The quantitative estimate of drug-likeness (QED) is 0.709. The summed E-state index contributed by atoms with van der Waals surface area (Å²) in [4.78, 5) is 17.9. The van der Waals surface area contributed by atoms with Gasteiger partial charge in [0.05, 0.1) is 19.7 Å². The molecule has 0 bridgehead atoms. The number of amides is 1. The van der Waals surface area contributed by atoms with Crippen LogP contribution < -0.4 is 14.8 Å². The van der Waals surface area contributed by atoms with E-state index in [-0.39, 0.29) is 54.8 Å². The van der Waals surface area contributed by atoms with Gasteiger partial charge >= 0.3 is 0 Å². The minimum absolute atomic E-state index is 0. The summed E-state index contributed by atoms with van der Waals surface area (Å²) < 4.78 is 51.5. The van der Waals surface area contributed by atoms with Crippen LogP contribution in [0.4, 0.5) is 13.2 Å². The zero-order valence-corrected chi connectivity index (χ0v) is 17.4. The molecule has 0 aliphatic carbocycles. The van der Waals surface area contributed by atoms with E-state index in [4.69, 9.17) is 9.47 Å². The van der Waals surface area contributed by atoms with Gasteiger partial charge in [-0.3, -0.25) is 4.79 Å². The highest BCUT2D eigenvalue weighted by Gasteiger charge is 2.26. The molecule has 1 aliphatic heterocycles. The lowest BCUT2D eigenvalue weighted by atomic mass is 10.2. The zero-order valence-electron chi connectivity index (χ0n) is 16.6. The number of pyridine rings is 1. The number of benzene rings is 1. The molecule has 1 N–H and O–H groups in total. The highest BCUT2D eigenvalue weighted by molar-refractivity contribution is 5.85. The summed E-state index contributed by atoms with van der Waals surface area (Å²) >= 11 is 0. The third-order valence-corrected chi connectivity index (χ3v) is 4.62. The molecule has 164 valence electrons. The minimum atomic E-state index is -0.766. The first-order valence-electron chi connectivity index (χ1n) is 9.17. The summed E-state index contributed by atoms with van der Waals surface area (Å²) in [5, 5.41) is 3.13. The van der Waals surface area contributed by atoms with Crippen LogP contribution in [0.1, 0.15) is 24.0 Å². The van der Waals surface area contributed by atoms with Gasteiger partial charge in [-0.15, -0.1) is 12.4 Å². The van der Waals surface area contributed by atoms with Crippen molar-refractivity contribution in [2.24, 2.45) is 0 Å². The number of carbonyl (C=O) groups is 1. The van der Waals surface area contributed by atoms with Crippen LogP contribution in [0.25, 0.3) is 0 Å². The average Bonchev–Trinajstić information content (AvgIpc) is 3.20. The molecule has 1 fully saturated rings. The number of ether oxygens (including phenoxy) is 2. The van der Waals surface area contributed by atoms with E-state index in [0.29, 0.717) is 5.56 Å². The molecule has 0 spiro atoms. The van der Waals surface area contributed by atoms with E-state index < -0.39 is 17.5 Å². The van der Waals surface area contributed by atoms with E-state index in [9.17, 15) is 18.0 Å². The molecule has 2 heterocycles. The number of likely N-dealkylation sites (N-methyl/N-ethyl adjacent to an activating group) is 1. The minimum Gasteiger partial charge on any atom is -0.481 e. The van der Waals surface area contributed by atoms with Crippen LogP contribution in [0.2, 0.25) is 0 Å². The molecular weight excluding hydrogens is 423 g/mol. The molecule has 30 heavy (non-hydrogen) atoms. The summed E-state index contributed by atoms with van der Waals surface area (Å²) in [6.07, 6.45) is 1.70. The molecule has 1 aromatic heterocycles. The molecule has 1 aliphatic rings. The van der Waals surface area contributed by atoms with Gasteiger partial charge in [0.25, 0.3) is 5.88 Å². The number of methoxy groups -OCH3 is 1. The predicted octanol–water partition coefficient (Wildman–Crippen LogP) is 3.22. The van der Waals surface area contributed by atoms with Crippen molar-refractivity contribution in [3.05, 3.63) is 52.8 Å². The Morgan fingerprint density at radius 1 is 1.20 bits per heavy atom. The zero-order chi connectivity index (χ0) is 21.0. The fraction of sp³-hybridized carbons (Fsp3) is 0.400. The molecule has 6 nitrogen and oxygen atoms in total. The van der Waals surface area contributed by atoms with Crippen molar-refractivity contribution in [1.29, 1.82) is 0 Å². The average molecular weight is 446 g/mol. The lowest BCUT2D eigenvalue weighted by molar-refractivity contribution is -0.132. The van der Waals surface area contributed by atoms with E-state index in [1.54, 1.807) is 7.05 Å². The van der Waals surface area contributed by atoms with Crippen LogP contribution in [0, 0.1) is 17.5 Å². The summed E-state index contributed by atoms with van der Waals surface area (Å²) in [6, 6.07) is 3.85. The fourth-order valence-electron chi connectivity index (χ4n) is 3.23. The molecule has 1 saturated heterocycles. The highest BCUT2D eigenvalue weighted by atomic mass is 35.5. The number of nitrogens with one attached hydrogen (secondary N) is 1. The van der Waals surface area contributed by atoms with Crippen LogP contribution in [0.3, 0.4) is 0 Å². The summed E-state index contributed by atoms with van der Waals surface area (Å²) in [6.45, 7) is 0.636. The maximum absolute atomic E-state index is 14.5. The number of halogens is 4. The maximum atomic E-state index is 14.5. The third-order valence-electron chi connectivity index (χ3n) is 4.62. The van der Waals surface area contributed by atoms with Crippen LogP contribution >= 0.6 is 12.4 Å². The van der Waals surface area contributed by atoms with Crippen molar-refractivity contribution in [2.75, 3.05) is 20.7 Å². The standard InChI is InChI=1S/C20H22F3N3O3.ClH/c1-26(20(27)17-4-3-5-24-17)10-13-8-16(23)19(25-18(13)28-2)29-11-12-6-14(21)9-15(22)7-12;/h6-9,17,24H,3-5,10-11H2,1-2H3;1H. The number of rotatable bonds is 7. The Morgan fingerprint density at radius 2 is 1.90 bits per heavy atom. The molecule has 10 heteroatoms. The Bertz CT molecular complexity index is 875. The van der Waals surface area contributed by atoms with Crippen LogP contribution in [0.15, 0.2) is 24.3 Å². The van der Waals surface area contributed by atoms with E-state index in [1.807, 2.05) is 0 Å². The topological polar surface area (TPSA) is 63.7 Å². The molecule has 1 unspecified atom stereocenters. The first-order valence-corrected chi connectivity index (χ1v) is 9.17. The molecular formula is C20H23ClF3N3O3. The Labute approximate surface area is 178 Å². The maximum Gasteiger partial charge on any atom is 0.254 e. The van der Waals surface area contributed by atoms with Gasteiger partial charge in [0.2, 0.25) is 11.8 Å². The monoisotopic (exact) mass is 445 g/mol. The van der Waals surface area contributed by atoms with E-state index in [2.05, 4.69) is 10.3 Å². The summed E-state index contributed by atoms with van der Waals surface area (Å²) in [7, 11) is 3.00. The Balaban J connectivity index is 0.00000320. The highest BCUT2D eigenvalue weighted by Crippen LogP contribution is 2.26. The second kappa shape index (κ2) is 10.5. The van der Waals surface area contributed by atoms with Crippen molar-refractivity contribution in [3.63, 3.8) is 0 Å². The van der Waals surface area contributed by atoms with Crippen LogP contribution in [0.5, 0.6) is 11.8 Å². The van der Waals surface area contributed by atoms with Gasteiger partial charge < -0.3 is 19.7 Å². The molecule has 1 aromatic carbocycles. The largest absolute Gasteiger partial charge is 0.481 e. The predicted molar refractivity (Wildman–Crippen MR) is 106 cm³/mol. The Hall–Kier alpha value is -2.52. The van der Waals surface area contributed by atoms with E-state index in [1.165, 1.54) is 18.1 Å². The van der Waals surface area contributed by atoms with E-state index >= 15 is 0 Å². The van der Waals surface area contributed by atoms with Crippen molar-refractivity contribution in [3.8, 4) is 11.8 Å². The van der Waals surface area contributed by atoms with Gasteiger partial charge in [-0.25, -0.2) is 13.2 Å². The Kier molecular flexibility index (Phi) is 8.31. The SMILES string of the molecule is COc1nc(OCc2cc(F)cc(F)c2)c(F)cc1CN(C)C(=O)C1CCCN1.Cl. The van der Waals surface area contributed by atoms with Crippen LogP contribution in [-0.2, 0) is 17.9 Å². The number of hydrogen-bond acceptors (Lipinski definition) is 5. The van der Waals surface area contributed by atoms with Crippen LogP contribution in [-0.4, -0.2) is 42.5 Å². The number of aromatic nitrogens is 1. The number of carbonyl (C=O) groups excluding carboxylic acids is 1.